The van der Waals surface area contributed by atoms with Crippen molar-refractivity contribution in [1.29, 1.82) is 0 Å². The van der Waals surface area contributed by atoms with Crippen LogP contribution in [0.2, 0.25) is 0 Å². The monoisotopic (exact) mass is 285 g/mol. The van der Waals surface area contributed by atoms with E-state index in [2.05, 4.69) is 40.6 Å². The van der Waals surface area contributed by atoms with Crippen molar-refractivity contribution in [1.82, 2.24) is 15.5 Å². The quantitative estimate of drug-likeness (QED) is 0.917. The molecule has 1 aromatic heterocycles. The molecule has 0 aliphatic carbocycles. The Bertz CT molecular complexity index is 625. The fourth-order valence-corrected chi connectivity index (χ4v) is 2.58. The fourth-order valence-electron chi connectivity index (χ4n) is 2.58. The molecule has 0 aliphatic rings. The average molecular weight is 285 g/mol. The van der Waals surface area contributed by atoms with Crippen LogP contribution in [0.25, 0.3) is 0 Å². The Morgan fingerprint density at radius 1 is 1.14 bits per heavy atom. The second-order valence-corrected chi connectivity index (χ2v) is 5.39. The summed E-state index contributed by atoms with van der Waals surface area (Å²) in [5, 5.41) is 11.7. The number of hydrogen-bond acceptors (Lipinski definition) is 4. The molecular formula is C17H23N3O. The molecule has 0 saturated heterocycles. The highest BCUT2D eigenvalue weighted by atomic mass is 16.5. The third-order valence-corrected chi connectivity index (χ3v) is 3.72. The average Bonchev–Trinajstić information content (AvgIpc) is 2.47. The highest BCUT2D eigenvalue weighted by Crippen LogP contribution is 2.27. The second-order valence-electron chi connectivity index (χ2n) is 5.39. The van der Waals surface area contributed by atoms with Gasteiger partial charge in [0.1, 0.15) is 5.75 Å². The maximum Gasteiger partial charge on any atom is 0.122 e. The van der Waals surface area contributed by atoms with Gasteiger partial charge >= 0.3 is 0 Å². The van der Waals surface area contributed by atoms with Crippen LogP contribution in [0.3, 0.4) is 0 Å². The zero-order valence-corrected chi connectivity index (χ0v) is 13.4. The molecule has 0 aliphatic heterocycles. The number of nitrogens with zero attached hydrogens (tertiary/aromatic N) is 2. The van der Waals surface area contributed by atoms with E-state index in [1.54, 1.807) is 7.11 Å². The molecule has 0 amide bonds. The molecular weight excluding hydrogens is 262 g/mol. The van der Waals surface area contributed by atoms with E-state index < -0.39 is 0 Å². The maximum absolute atomic E-state index is 5.48. The van der Waals surface area contributed by atoms with Gasteiger partial charge in [-0.05, 0) is 57.5 Å². The summed E-state index contributed by atoms with van der Waals surface area (Å²) in [7, 11) is 3.69. The number of methoxy groups -OCH3 is 1. The minimum absolute atomic E-state index is 0.190. The van der Waals surface area contributed by atoms with Crippen molar-refractivity contribution >= 4 is 0 Å². The number of nitrogens with one attached hydrogen (secondary N) is 1. The van der Waals surface area contributed by atoms with Gasteiger partial charge in [-0.3, -0.25) is 0 Å². The number of benzene rings is 1. The van der Waals surface area contributed by atoms with E-state index in [9.17, 15) is 0 Å². The van der Waals surface area contributed by atoms with Crippen LogP contribution in [0.4, 0.5) is 0 Å². The number of rotatable bonds is 5. The van der Waals surface area contributed by atoms with E-state index in [4.69, 9.17) is 4.74 Å². The summed E-state index contributed by atoms with van der Waals surface area (Å²) >= 11 is 0. The molecule has 0 spiro atoms. The zero-order chi connectivity index (χ0) is 15.4. The Hall–Kier alpha value is -1.94. The molecule has 1 aromatic carbocycles. The second kappa shape index (κ2) is 6.68. The first-order valence-corrected chi connectivity index (χ1v) is 7.16. The Labute approximate surface area is 126 Å². The van der Waals surface area contributed by atoms with E-state index in [-0.39, 0.29) is 6.04 Å². The van der Waals surface area contributed by atoms with Crippen LogP contribution in [0, 0.1) is 20.8 Å². The molecule has 0 saturated carbocycles. The van der Waals surface area contributed by atoms with Crippen LogP contribution in [-0.2, 0) is 6.42 Å². The van der Waals surface area contributed by atoms with Gasteiger partial charge in [0.15, 0.2) is 0 Å². The topological polar surface area (TPSA) is 47.0 Å². The van der Waals surface area contributed by atoms with Crippen LogP contribution in [-0.4, -0.2) is 24.4 Å². The summed E-state index contributed by atoms with van der Waals surface area (Å²) in [6.07, 6.45) is 0.854. The molecule has 112 valence electrons. The zero-order valence-electron chi connectivity index (χ0n) is 13.4. The summed E-state index contributed by atoms with van der Waals surface area (Å²) in [6, 6.07) is 8.57. The maximum atomic E-state index is 5.48. The molecule has 0 fully saturated rings. The summed E-state index contributed by atoms with van der Waals surface area (Å²) in [4.78, 5) is 0. The largest absolute Gasteiger partial charge is 0.496 e. The summed E-state index contributed by atoms with van der Waals surface area (Å²) < 4.78 is 5.48. The third-order valence-electron chi connectivity index (χ3n) is 3.72. The fraction of sp³-hybridized carbons (Fsp3) is 0.412. The van der Waals surface area contributed by atoms with E-state index in [0.717, 1.165) is 23.6 Å². The van der Waals surface area contributed by atoms with Crippen LogP contribution in [0.1, 0.15) is 34.1 Å². The van der Waals surface area contributed by atoms with Gasteiger partial charge in [0.25, 0.3) is 0 Å². The highest BCUT2D eigenvalue weighted by Gasteiger charge is 2.16. The lowest BCUT2D eigenvalue weighted by Gasteiger charge is -2.20. The Balaban J connectivity index is 2.35. The smallest absolute Gasteiger partial charge is 0.122 e. The van der Waals surface area contributed by atoms with Gasteiger partial charge in [-0.1, -0.05) is 17.7 Å². The van der Waals surface area contributed by atoms with Crippen molar-refractivity contribution in [2.24, 2.45) is 0 Å². The van der Waals surface area contributed by atoms with Crippen LogP contribution in [0.15, 0.2) is 24.3 Å². The molecule has 4 heteroatoms. The number of ether oxygens (including phenoxy) is 1. The van der Waals surface area contributed by atoms with Crippen LogP contribution < -0.4 is 10.1 Å². The summed E-state index contributed by atoms with van der Waals surface area (Å²) in [5.74, 6) is 0.928. The summed E-state index contributed by atoms with van der Waals surface area (Å²) in [5.41, 5.74) is 5.53. The van der Waals surface area contributed by atoms with Crippen molar-refractivity contribution in [3.8, 4) is 5.75 Å². The minimum atomic E-state index is 0.190. The van der Waals surface area contributed by atoms with E-state index in [1.165, 1.54) is 16.7 Å². The molecule has 21 heavy (non-hydrogen) atoms. The molecule has 1 atom stereocenters. The molecule has 1 N–H and O–H groups in total. The van der Waals surface area contributed by atoms with Gasteiger partial charge in [-0.2, -0.15) is 10.2 Å². The lowest BCUT2D eigenvalue weighted by molar-refractivity contribution is 0.406. The third kappa shape index (κ3) is 3.58. The minimum Gasteiger partial charge on any atom is -0.496 e. The molecule has 1 heterocycles. The lowest BCUT2D eigenvalue weighted by Crippen LogP contribution is -2.21. The van der Waals surface area contributed by atoms with Gasteiger partial charge in [-0.15, -0.1) is 0 Å². The molecule has 2 aromatic rings. The van der Waals surface area contributed by atoms with Gasteiger partial charge in [0.05, 0.1) is 18.5 Å². The molecule has 0 radical (unpaired) electrons. The molecule has 4 nitrogen and oxygen atoms in total. The van der Waals surface area contributed by atoms with Gasteiger partial charge in [-0.25, -0.2) is 0 Å². The lowest BCUT2D eigenvalue weighted by atomic mass is 9.96. The predicted molar refractivity (Wildman–Crippen MR) is 84.7 cm³/mol. The Kier molecular flexibility index (Phi) is 4.91. The predicted octanol–water partition coefficient (Wildman–Crippen LogP) is 2.91. The molecule has 1 unspecified atom stereocenters. The van der Waals surface area contributed by atoms with Crippen molar-refractivity contribution in [2.45, 2.75) is 33.2 Å². The van der Waals surface area contributed by atoms with Crippen molar-refractivity contribution < 1.29 is 4.74 Å². The van der Waals surface area contributed by atoms with Crippen molar-refractivity contribution in [3.05, 3.63) is 52.3 Å². The first-order chi connectivity index (χ1) is 10.0. The SMILES string of the molecule is CNC(Cc1cc(C)ccc1OC)c1cc(C)nnc1C. The molecule has 0 bridgehead atoms. The number of aromatic nitrogens is 2. The number of likely N-dealkylation sites (N-methyl/N-ethyl adjacent to an activating group) is 1. The number of aryl methyl sites for hydroxylation is 3. The Morgan fingerprint density at radius 2 is 1.90 bits per heavy atom. The van der Waals surface area contributed by atoms with Crippen LogP contribution >= 0.6 is 0 Å². The highest BCUT2D eigenvalue weighted by molar-refractivity contribution is 5.38. The van der Waals surface area contributed by atoms with E-state index in [0.29, 0.717) is 0 Å². The van der Waals surface area contributed by atoms with Gasteiger partial charge in [0, 0.05) is 6.04 Å². The van der Waals surface area contributed by atoms with Crippen molar-refractivity contribution in [2.75, 3.05) is 14.2 Å². The normalized spacial score (nSPS) is 12.2. The first kappa shape index (κ1) is 15.4. The van der Waals surface area contributed by atoms with Gasteiger partial charge < -0.3 is 10.1 Å². The van der Waals surface area contributed by atoms with Crippen molar-refractivity contribution in [3.63, 3.8) is 0 Å². The number of hydrogen-bond donors (Lipinski definition) is 1. The van der Waals surface area contributed by atoms with E-state index >= 15 is 0 Å². The van der Waals surface area contributed by atoms with Gasteiger partial charge in [0.2, 0.25) is 0 Å². The Morgan fingerprint density at radius 3 is 2.57 bits per heavy atom. The van der Waals surface area contributed by atoms with Crippen LogP contribution in [0.5, 0.6) is 5.75 Å². The first-order valence-electron chi connectivity index (χ1n) is 7.16. The summed E-state index contributed by atoms with van der Waals surface area (Å²) in [6.45, 7) is 6.07. The van der Waals surface area contributed by atoms with E-state index in [1.807, 2.05) is 27.0 Å². The standard InChI is InChI=1S/C17H23N3O/c1-11-6-7-17(21-5)14(8-11)10-16(18-4)15-9-12(2)19-20-13(15)3/h6-9,16,18H,10H2,1-5H3. The molecule has 2 rings (SSSR count).